The fourth-order valence-corrected chi connectivity index (χ4v) is 1.89. The first-order valence-corrected chi connectivity index (χ1v) is 7.55. The highest BCUT2D eigenvalue weighted by Gasteiger charge is 2.21. The largest absolute Gasteiger partial charge is 0.493 e. The molecular weight excluding hydrogens is 268 g/mol. The Hall–Kier alpha value is -1.75. The van der Waals surface area contributed by atoms with Crippen LogP contribution in [-0.4, -0.2) is 24.7 Å². The fourth-order valence-electron chi connectivity index (χ4n) is 1.89. The molecule has 0 spiro atoms. The van der Waals surface area contributed by atoms with Crippen LogP contribution in [-0.2, 0) is 11.3 Å². The highest BCUT2D eigenvalue weighted by molar-refractivity contribution is 5.78. The van der Waals surface area contributed by atoms with Gasteiger partial charge in [0.15, 0.2) is 6.10 Å². The van der Waals surface area contributed by atoms with Crippen molar-refractivity contribution in [3.05, 3.63) is 23.8 Å². The SMILES string of the molecule is CCCOc1ccc(CNC2CC2)c(OC(C)C(N)=O)c1. The molecule has 0 heterocycles. The molecule has 116 valence electrons. The van der Waals surface area contributed by atoms with Crippen molar-refractivity contribution in [3.63, 3.8) is 0 Å². The highest BCUT2D eigenvalue weighted by Crippen LogP contribution is 2.27. The molecule has 2 rings (SSSR count). The minimum absolute atomic E-state index is 0.476. The number of nitrogens with two attached hydrogens (primary N) is 1. The molecule has 0 aromatic heterocycles. The Bertz CT molecular complexity index is 486. The number of hydrogen-bond acceptors (Lipinski definition) is 4. The zero-order chi connectivity index (χ0) is 15.2. The van der Waals surface area contributed by atoms with E-state index in [-0.39, 0.29) is 0 Å². The lowest BCUT2D eigenvalue weighted by Gasteiger charge is -2.17. The van der Waals surface area contributed by atoms with E-state index in [1.807, 2.05) is 18.2 Å². The maximum absolute atomic E-state index is 11.2. The van der Waals surface area contributed by atoms with Gasteiger partial charge in [-0.2, -0.15) is 0 Å². The number of benzene rings is 1. The smallest absolute Gasteiger partial charge is 0.258 e. The second-order valence-corrected chi connectivity index (χ2v) is 5.44. The summed E-state index contributed by atoms with van der Waals surface area (Å²) < 4.78 is 11.3. The van der Waals surface area contributed by atoms with E-state index in [1.165, 1.54) is 12.8 Å². The third-order valence-corrected chi connectivity index (χ3v) is 3.37. The van der Waals surface area contributed by atoms with E-state index in [1.54, 1.807) is 6.92 Å². The van der Waals surface area contributed by atoms with Gasteiger partial charge in [0.25, 0.3) is 5.91 Å². The van der Waals surface area contributed by atoms with Crippen LogP contribution in [0.3, 0.4) is 0 Å². The van der Waals surface area contributed by atoms with E-state index in [0.29, 0.717) is 18.4 Å². The standard InChI is InChI=1S/C16H24N2O3/c1-3-8-20-14-7-4-12(10-18-13-5-6-13)15(9-14)21-11(2)16(17)19/h4,7,9,11,13,18H,3,5-6,8,10H2,1-2H3,(H2,17,19). The molecule has 1 aliphatic carbocycles. The molecular formula is C16H24N2O3. The summed E-state index contributed by atoms with van der Waals surface area (Å²) in [6, 6.07) is 6.35. The van der Waals surface area contributed by atoms with Crippen LogP contribution in [0.1, 0.15) is 38.7 Å². The highest BCUT2D eigenvalue weighted by atomic mass is 16.5. The van der Waals surface area contributed by atoms with Gasteiger partial charge in [-0.15, -0.1) is 0 Å². The summed E-state index contributed by atoms with van der Waals surface area (Å²) in [5.74, 6) is 0.928. The van der Waals surface area contributed by atoms with Crippen LogP contribution in [0, 0.1) is 0 Å². The topological polar surface area (TPSA) is 73.6 Å². The molecule has 1 amide bonds. The van der Waals surface area contributed by atoms with Crippen LogP contribution >= 0.6 is 0 Å². The van der Waals surface area contributed by atoms with Gasteiger partial charge in [-0.05, 0) is 32.3 Å². The first-order valence-electron chi connectivity index (χ1n) is 7.55. The molecule has 1 aromatic carbocycles. The van der Waals surface area contributed by atoms with Crippen LogP contribution in [0.4, 0.5) is 0 Å². The van der Waals surface area contributed by atoms with Gasteiger partial charge < -0.3 is 20.5 Å². The molecule has 0 bridgehead atoms. The van der Waals surface area contributed by atoms with E-state index >= 15 is 0 Å². The van der Waals surface area contributed by atoms with Crippen LogP contribution in [0.5, 0.6) is 11.5 Å². The van der Waals surface area contributed by atoms with Crippen molar-refractivity contribution >= 4 is 5.91 Å². The fraction of sp³-hybridized carbons (Fsp3) is 0.562. The second-order valence-electron chi connectivity index (χ2n) is 5.44. The first kappa shape index (κ1) is 15.6. The Morgan fingerprint density at radius 2 is 2.24 bits per heavy atom. The van der Waals surface area contributed by atoms with Crippen molar-refractivity contribution in [2.24, 2.45) is 5.73 Å². The molecule has 3 N–H and O–H groups in total. The molecule has 1 aliphatic rings. The summed E-state index contributed by atoms with van der Waals surface area (Å²) in [5.41, 5.74) is 6.29. The van der Waals surface area contributed by atoms with Crippen molar-refractivity contribution in [3.8, 4) is 11.5 Å². The van der Waals surface area contributed by atoms with Crippen LogP contribution in [0.15, 0.2) is 18.2 Å². The van der Waals surface area contributed by atoms with E-state index in [0.717, 1.165) is 24.3 Å². The van der Waals surface area contributed by atoms with Gasteiger partial charge in [-0.1, -0.05) is 13.0 Å². The summed E-state index contributed by atoms with van der Waals surface area (Å²) in [7, 11) is 0. The third-order valence-electron chi connectivity index (χ3n) is 3.37. The number of rotatable bonds is 9. The molecule has 0 aliphatic heterocycles. The minimum atomic E-state index is -0.661. The van der Waals surface area contributed by atoms with Gasteiger partial charge in [0.2, 0.25) is 0 Å². The lowest BCUT2D eigenvalue weighted by atomic mass is 10.2. The van der Waals surface area contributed by atoms with Gasteiger partial charge in [0.1, 0.15) is 11.5 Å². The summed E-state index contributed by atoms with van der Waals surface area (Å²) in [6.45, 7) is 5.09. The van der Waals surface area contributed by atoms with Crippen molar-refractivity contribution in [2.45, 2.75) is 51.8 Å². The number of amides is 1. The quantitative estimate of drug-likeness (QED) is 0.730. The molecule has 5 nitrogen and oxygen atoms in total. The summed E-state index contributed by atoms with van der Waals surface area (Å²) in [5, 5.41) is 3.44. The van der Waals surface area contributed by atoms with Gasteiger partial charge in [0.05, 0.1) is 6.61 Å². The zero-order valence-corrected chi connectivity index (χ0v) is 12.7. The van der Waals surface area contributed by atoms with E-state index in [2.05, 4.69) is 12.2 Å². The summed E-state index contributed by atoms with van der Waals surface area (Å²) in [4.78, 5) is 11.2. The molecule has 0 saturated heterocycles. The second kappa shape index (κ2) is 7.31. The predicted octanol–water partition coefficient (Wildman–Crippen LogP) is 1.98. The maximum atomic E-state index is 11.2. The Labute approximate surface area is 125 Å². The van der Waals surface area contributed by atoms with E-state index < -0.39 is 12.0 Å². The molecule has 1 unspecified atom stereocenters. The molecule has 21 heavy (non-hydrogen) atoms. The predicted molar refractivity (Wildman–Crippen MR) is 81.4 cm³/mol. The Balaban J connectivity index is 2.10. The van der Waals surface area contributed by atoms with E-state index in [9.17, 15) is 4.79 Å². The van der Waals surface area contributed by atoms with Crippen molar-refractivity contribution in [2.75, 3.05) is 6.61 Å². The molecule has 1 fully saturated rings. The maximum Gasteiger partial charge on any atom is 0.258 e. The summed E-state index contributed by atoms with van der Waals surface area (Å²) in [6.07, 6.45) is 2.74. The molecule has 5 heteroatoms. The number of carbonyl (C=O) groups excluding carboxylic acids is 1. The number of nitrogens with one attached hydrogen (secondary N) is 1. The number of hydrogen-bond donors (Lipinski definition) is 2. The lowest BCUT2D eigenvalue weighted by Crippen LogP contribution is -2.31. The Morgan fingerprint density at radius 3 is 2.86 bits per heavy atom. The number of carbonyl (C=O) groups is 1. The lowest BCUT2D eigenvalue weighted by molar-refractivity contribution is -0.124. The van der Waals surface area contributed by atoms with Crippen LogP contribution < -0.4 is 20.5 Å². The first-order chi connectivity index (χ1) is 10.1. The average molecular weight is 292 g/mol. The zero-order valence-electron chi connectivity index (χ0n) is 12.7. The van der Waals surface area contributed by atoms with Gasteiger partial charge >= 0.3 is 0 Å². The van der Waals surface area contributed by atoms with E-state index in [4.69, 9.17) is 15.2 Å². The molecule has 1 aromatic rings. The van der Waals surface area contributed by atoms with Crippen molar-refractivity contribution in [1.82, 2.24) is 5.32 Å². The normalized spacial score (nSPS) is 15.5. The summed E-state index contributed by atoms with van der Waals surface area (Å²) >= 11 is 0. The number of ether oxygens (including phenoxy) is 2. The van der Waals surface area contributed by atoms with Crippen LogP contribution in [0.25, 0.3) is 0 Å². The Kier molecular flexibility index (Phi) is 5.44. The average Bonchev–Trinajstić information content (AvgIpc) is 3.28. The molecule has 1 atom stereocenters. The minimum Gasteiger partial charge on any atom is -0.493 e. The third kappa shape index (κ3) is 4.93. The van der Waals surface area contributed by atoms with Gasteiger partial charge in [0, 0.05) is 24.2 Å². The van der Waals surface area contributed by atoms with Crippen LogP contribution in [0.2, 0.25) is 0 Å². The van der Waals surface area contributed by atoms with Crippen molar-refractivity contribution < 1.29 is 14.3 Å². The molecule has 0 radical (unpaired) electrons. The monoisotopic (exact) mass is 292 g/mol. The number of primary amides is 1. The van der Waals surface area contributed by atoms with Gasteiger partial charge in [-0.25, -0.2) is 0 Å². The van der Waals surface area contributed by atoms with Gasteiger partial charge in [-0.3, -0.25) is 4.79 Å². The molecule has 1 saturated carbocycles. The Morgan fingerprint density at radius 1 is 1.48 bits per heavy atom. The van der Waals surface area contributed by atoms with Crippen molar-refractivity contribution in [1.29, 1.82) is 0 Å².